The molecule has 0 spiro atoms. The Kier molecular flexibility index (Phi) is 4.17. The number of thioether (sulfide) groups is 1. The van der Waals surface area contributed by atoms with Crippen molar-refractivity contribution in [2.75, 3.05) is 11.6 Å². The van der Waals surface area contributed by atoms with Gasteiger partial charge in [-0.15, -0.1) is 23.1 Å². The summed E-state index contributed by atoms with van der Waals surface area (Å²) in [7, 11) is 0. The third kappa shape index (κ3) is 2.69. The summed E-state index contributed by atoms with van der Waals surface area (Å²) in [5, 5.41) is 10.2. The number of nitrogens with one attached hydrogen (secondary N) is 1. The highest BCUT2D eigenvalue weighted by molar-refractivity contribution is 7.98. The summed E-state index contributed by atoms with van der Waals surface area (Å²) in [5.74, 6) is 1.63. The molecule has 0 unspecified atom stereocenters. The molecule has 4 heterocycles. The number of para-hydroxylation sites is 1. The average Bonchev–Trinajstić information content (AvgIpc) is 3.49. The van der Waals surface area contributed by atoms with Gasteiger partial charge < -0.3 is 10.1 Å². The summed E-state index contributed by atoms with van der Waals surface area (Å²) in [5.41, 5.74) is 4.44. The van der Waals surface area contributed by atoms with Gasteiger partial charge in [0.1, 0.15) is 18.1 Å². The van der Waals surface area contributed by atoms with Crippen LogP contribution in [0, 0.1) is 0 Å². The highest BCUT2D eigenvalue weighted by Gasteiger charge is 2.41. The lowest BCUT2D eigenvalue weighted by Crippen LogP contribution is -2.32. The molecule has 148 valence electrons. The minimum Gasteiger partial charge on any atom is -0.480 e. The summed E-state index contributed by atoms with van der Waals surface area (Å²) in [6.07, 6.45) is 3.51. The molecule has 2 aliphatic heterocycles. The van der Waals surface area contributed by atoms with Gasteiger partial charge in [-0.3, -0.25) is 0 Å². The number of ether oxygens (including phenoxy) is 1. The molecule has 0 aliphatic carbocycles. The molecular weight excluding hydrogens is 412 g/mol. The Hall–Kier alpha value is -3.03. The van der Waals surface area contributed by atoms with Crippen molar-refractivity contribution in [3.05, 3.63) is 93.9 Å². The van der Waals surface area contributed by atoms with Gasteiger partial charge in [0, 0.05) is 20.9 Å². The van der Waals surface area contributed by atoms with E-state index in [1.165, 1.54) is 9.77 Å². The summed E-state index contributed by atoms with van der Waals surface area (Å²) in [4.78, 5) is 6.89. The Morgan fingerprint density at radius 3 is 2.73 bits per heavy atom. The zero-order chi connectivity index (χ0) is 20.1. The van der Waals surface area contributed by atoms with E-state index < -0.39 is 0 Å². The van der Waals surface area contributed by atoms with Gasteiger partial charge in [0.05, 0.1) is 5.70 Å². The van der Waals surface area contributed by atoms with Crippen LogP contribution >= 0.6 is 23.1 Å². The molecule has 0 radical (unpaired) electrons. The summed E-state index contributed by atoms with van der Waals surface area (Å²) in [6, 6.07) is 21.0. The van der Waals surface area contributed by atoms with Crippen LogP contribution in [-0.4, -0.2) is 21.0 Å². The van der Waals surface area contributed by atoms with Crippen LogP contribution in [0.4, 0.5) is 5.95 Å². The van der Waals surface area contributed by atoms with Gasteiger partial charge >= 0.3 is 0 Å². The minimum absolute atomic E-state index is 0.102. The van der Waals surface area contributed by atoms with Crippen LogP contribution in [0.3, 0.4) is 0 Å². The van der Waals surface area contributed by atoms with Crippen LogP contribution < -0.4 is 10.1 Å². The standard InChI is InChI=1S/C23H18N4OS2/c1-29-15-10-8-14(9-11-15)21-19-20(26-23-24-13-25-27(21)23)16-5-2-3-6-17(16)28-22(19)18-7-4-12-30-18/h2-13,21-22H,1H3,(H,24,25,26)/t21-,22+/m0/s1. The number of hydrogen-bond acceptors (Lipinski definition) is 6. The highest BCUT2D eigenvalue weighted by atomic mass is 32.2. The molecule has 0 fully saturated rings. The van der Waals surface area contributed by atoms with Gasteiger partial charge in [-0.05, 0) is 47.5 Å². The van der Waals surface area contributed by atoms with Crippen molar-refractivity contribution in [1.29, 1.82) is 0 Å². The second-order valence-corrected chi connectivity index (χ2v) is 9.03. The lowest BCUT2D eigenvalue weighted by molar-refractivity contribution is 0.226. The molecule has 2 aliphatic rings. The highest BCUT2D eigenvalue weighted by Crippen LogP contribution is 2.51. The van der Waals surface area contributed by atoms with Gasteiger partial charge in [-0.1, -0.05) is 30.3 Å². The first-order valence-electron chi connectivity index (χ1n) is 9.67. The second-order valence-electron chi connectivity index (χ2n) is 7.17. The number of rotatable bonds is 3. The number of nitrogens with zero attached hydrogens (tertiary/aromatic N) is 3. The van der Waals surface area contributed by atoms with Crippen LogP contribution in [0.25, 0.3) is 5.70 Å². The van der Waals surface area contributed by atoms with E-state index in [0.717, 1.165) is 34.1 Å². The maximum Gasteiger partial charge on any atom is 0.226 e. The van der Waals surface area contributed by atoms with E-state index in [9.17, 15) is 0 Å². The Morgan fingerprint density at radius 1 is 1.07 bits per heavy atom. The number of hydrogen-bond donors (Lipinski definition) is 1. The Bertz CT molecular complexity index is 1240. The van der Waals surface area contributed by atoms with E-state index >= 15 is 0 Å². The van der Waals surface area contributed by atoms with E-state index in [-0.39, 0.29) is 12.1 Å². The summed E-state index contributed by atoms with van der Waals surface area (Å²) >= 11 is 3.45. The number of thiophene rings is 1. The molecule has 0 saturated carbocycles. The molecule has 1 N–H and O–H groups in total. The SMILES string of the molecule is CSc1ccc([C@H]2C3=C(Nc4ncnn42)c2ccccc2O[C@@H]3c2cccs2)cc1. The van der Waals surface area contributed by atoms with Crippen molar-refractivity contribution in [1.82, 2.24) is 14.8 Å². The molecule has 5 nitrogen and oxygen atoms in total. The molecule has 2 aromatic carbocycles. The van der Waals surface area contributed by atoms with Crippen molar-refractivity contribution >= 4 is 34.7 Å². The Labute approximate surface area is 182 Å². The molecule has 7 heteroatoms. The predicted octanol–water partition coefficient (Wildman–Crippen LogP) is 5.62. The maximum absolute atomic E-state index is 6.58. The Morgan fingerprint density at radius 2 is 1.93 bits per heavy atom. The van der Waals surface area contributed by atoms with E-state index in [4.69, 9.17) is 4.74 Å². The van der Waals surface area contributed by atoms with Crippen LogP contribution in [-0.2, 0) is 0 Å². The molecule has 2 atom stereocenters. The van der Waals surface area contributed by atoms with Crippen molar-refractivity contribution < 1.29 is 4.74 Å². The van der Waals surface area contributed by atoms with Gasteiger partial charge in [-0.2, -0.15) is 10.1 Å². The smallest absolute Gasteiger partial charge is 0.226 e. The van der Waals surface area contributed by atoms with E-state index in [0.29, 0.717) is 0 Å². The molecule has 4 aromatic rings. The fourth-order valence-electron chi connectivity index (χ4n) is 4.20. The van der Waals surface area contributed by atoms with Crippen molar-refractivity contribution in [2.24, 2.45) is 0 Å². The Balaban J connectivity index is 1.61. The predicted molar refractivity (Wildman–Crippen MR) is 121 cm³/mol. The molecule has 0 bridgehead atoms. The molecular formula is C23H18N4OS2. The summed E-state index contributed by atoms with van der Waals surface area (Å²) in [6.45, 7) is 0. The number of benzene rings is 2. The van der Waals surface area contributed by atoms with E-state index in [2.05, 4.69) is 69.5 Å². The largest absolute Gasteiger partial charge is 0.480 e. The lowest BCUT2D eigenvalue weighted by Gasteiger charge is -2.38. The van der Waals surface area contributed by atoms with Gasteiger partial charge in [0.15, 0.2) is 6.10 Å². The first-order chi connectivity index (χ1) is 14.8. The van der Waals surface area contributed by atoms with Crippen molar-refractivity contribution in [3.63, 3.8) is 0 Å². The third-order valence-corrected chi connectivity index (χ3v) is 7.21. The van der Waals surface area contributed by atoms with Crippen LogP contribution in [0.15, 0.2) is 82.8 Å². The van der Waals surface area contributed by atoms with Crippen LogP contribution in [0.2, 0.25) is 0 Å². The second kappa shape index (κ2) is 7.04. The minimum atomic E-state index is -0.190. The average molecular weight is 431 g/mol. The number of aromatic nitrogens is 3. The summed E-state index contributed by atoms with van der Waals surface area (Å²) < 4.78 is 8.54. The number of anilines is 1. The van der Waals surface area contributed by atoms with E-state index in [1.54, 1.807) is 29.4 Å². The van der Waals surface area contributed by atoms with Gasteiger partial charge in [-0.25, -0.2) is 4.68 Å². The third-order valence-electron chi connectivity index (χ3n) is 5.55. The molecule has 2 aromatic heterocycles. The molecule has 30 heavy (non-hydrogen) atoms. The van der Waals surface area contributed by atoms with Gasteiger partial charge in [0.2, 0.25) is 5.95 Å². The van der Waals surface area contributed by atoms with E-state index in [1.807, 2.05) is 22.9 Å². The fraction of sp³-hybridized carbons (Fsp3) is 0.130. The monoisotopic (exact) mass is 430 g/mol. The van der Waals surface area contributed by atoms with Crippen molar-refractivity contribution in [3.8, 4) is 5.75 Å². The maximum atomic E-state index is 6.58. The first kappa shape index (κ1) is 17.8. The molecule has 6 rings (SSSR count). The van der Waals surface area contributed by atoms with Crippen LogP contribution in [0.5, 0.6) is 5.75 Å². The number of fused-ring (bicyclic) bond motifs is 3. The molecule has 0 amide bonds. The topological polar surface area (TPSA) is 52.0 Å². The fourth-order valence-corrected chi connectivity index (χ4v) is 5.38. The quantitative estimate of drug-likeness (QED) is 0.428. The zero-order valence-corrected chi connectivity index (χ0v) is 17.8. The first-order valence-corrected chi connectivity index (χ1v) is 11.8. The normalized spacial score (nSPS) is 19.4. The van der Waals surface area contributed by atoms with Crippen LogP contribution in [0.1, 0.15) is 28.1 Å². The lowest BCUT2D eigenvalue weighted by atomic mass is 9.87. The van der Waals surface area contributed by atoms with Crippen molar-refractivity contribution in [2.45, 2.75) is 17.0 Å². The van der Waals surface area contributed by atoms with Gasteiger partial charge in [0.25, 0.3) is 0 Å². The molecule has 0 saturated heterocycles. The zero-order valence-electron chi connectivity index (χ0n) is 16.1.